The largest absolute Gasteiger partial charge is 0.388 e. The molecular weight excluding hydrogens is 368 g/mol. The van der Waals surface area contributed by atoms with Crippen molar-refractivity contribution in [2.75, 3.05) is 97.6 Å². The molecule has 0 bridgehead atoms. The zero-order valence-electron chi connectivity index (χ0n) is 19.4. The second kappa shape index (κ2) is 19.8. The fraction of sp³-hybridized carbons (Fsp3) is 0.762. The number of ether oxygens (including phenoxy) is 2. The van der Waals surface area contributed by atoms with Crippen LogP contribution in [0.4, 0.5) is 11.5 Å². The molecule has 0 spiro atoms. The van der Waals surface area contributed by atoms with Gasteiger partial charge in [0.2, 0.25) is 0 Å². The van der Waals surface area contributed by atoms with Gasteiger partial charge in [-0.05, 0) is 12.5 Å². The van der Waals surface area contributed by atoms with Gasteiger partial charge in [0.05, 0.1) is 0 Å². The molecule has 8 heteroatoms. The highest BCUT2D eigenvalue weighted by molar-refractivity contribution is 5.65. The third-order valence-electron chi connectivity index (χ3n) is 4.11. The fourth-order valence-electron chi connectivity index (χ4n) is 2.99. The summed E-state index contributed by atoms with van der Waals surface area (Å²) in [6.07, 6.45) is 3.02. The number of pyridine rings is 1. The number of rotatable bonds is 1. The minimum Gasteiger partial charge on any atom is -0.388 e. The molecule has 2 saturated heterocycles. The normalized spacial score (nSPS) is 16.7. The number of piperazine rings is 2. The molecule has 29 heavy (non-hydrogen) atoms. The number of anilines is 2. The standard InChI is InChI=1S/C11H16N4.C4H10N2.2C2H6O.C2H6/c1-3-13-11-9(1)10(2-4-14-11)15-7-5-12-6-8-15;1-2-6-4-3-5-1;2*1-3-2;1-2/h2,4,12H,1,3,5-8H2,(H,13,14);5-6H,1-4H2;2*1-2H3;1-2H3. The van der Waals surface area contributed by atoms with Crippen molar-refractivity contribution >= 4 is 11.5 Å². The Morgan fingerprint density at radius 2 is 1.28 bits per heavy atom. The average molecular weight is 413 g/mol. The summed E-state index contributed by atoms with van der Waals surface area (Å²) in [7, 11) is 6.50. The van der Waals surface area contributed by atoms with Gasteiger partial charge in [0.25, 0.3) is 0 Å². The zero-order valence-corrected chi connectivity index (χ0v) is 19.4. The Morgan fingerprint density at radius 1 is 0.793 bits per heavy atom. The van der Waals surface area contributed by atoms with Gasteiger partial charge in [0, 0.05) is 105 Å². The number of fused-ring (bicyclic) bond motifs is 1. The van der Waals surface area contributed by atoms with Crippen molar-refractivity contribution < 1.29 is 9.47 Å². The van der Waals surface area contributed by atoms with Crippen LogP contribution in [0.15, 0.2) is 12.3 Å². The molecule has 4 N–H and O–H groups in total. The van der Waals surface area contributed by atoms with E-state index in [0.717, 1.165) is 71.1 Å². The monoisotopic (exact) mass is 412 g/mol. The highest BCUT2D eigenvalue weighted by atomic mass is 16.5. The lowest BCUT2D eigenvalue weighted by atomic mass is 10.1. The van der Waals surface area contributed by atoms with Gasteiger partial charge < -0.3 is 35.6 Å². The van der Waals surface area contributed by atoms with Crippen molar-refractivity contribution in [3.63, 3.8) is 0 Å². The van der Waals surface area contributed by atoms with E-state index < -0.39 is 0 Å². The van der Waals surface area contributed by atoms with Crippen LogP contribution in [0, 0.1) is 0 Å². The van der Waals surface area contributed by atoms with Gasteiger partial charge in [-0.15, -0.1) is 0 Å². The molecule has 170 valence electrons. The molecule has 3 aliphatic rings. The van der Waals surface area contributed by atoms with Gasteiger partial charge >= 0.3 is 0 Å². The summed E-state index contributed by atoms with van der Waals surface area (Å²) >= 11 is 0. The SMILES string of the molecule is C1CNCCN1.CC.COC.COC.c1cc(N2CCNCC2)c2c(n1)NCC2. The minimum absolute atomic E-state index is 1.03. The van der Waals surface area contributed by atoms with Gasteiger partial charge in [0.15, 0.2) is 0 Å². The predicted octanol–water partition coefficient (Wildman–Crippen LogP) is 1.19. The minimum atomic E-state index is 1.03. The summed E-state index contributed by atoms with van der Waals surface area (Å²) < 4.78 is 8.50. The molecule has 0 amide bonds. The molecule has 0 unspecified atom stereocenters. The lowest BCUT2D eigenvalue weighted by Gasteiger charge is -2.30. The quantitative estimate of drug-likeness (QED) is 0.548. The van der Waals surface area contributed by atoms with Crippen LogP contribution in [0.5, 0.6) is 0 Å². The van der Waals surface area contributed by atoms with Crippen LogP contribution in [0.2, 0.25) is 0 Å². The van der Waals surface area contributed by atoms with E-state index in [-0.39, 0.29) is 0 Å². The smallest absolute Gasteiger partial charge is 0.131 e. The molecule has 1 aromatic heterocycles. The van der Waals surface area contributed by atoms with Crippen LogP contribution in [-0.4, -0.2) is 92.3 Å². The summed E-state index contributed by atoms with van der Waals surface area (Å²) in [6.45, 7) is 14.0. The van der Waals surface area contributed by atoms with Gasteiger partial charge in [0.1, 0.15) is 5.82 Å². The maximum Gasteiger partial charge on any atom is 0.131 e. The molecule has 0 atom stereocenters. The number of nitrogens with zero attached hydrogens (tertiary/aromatic N) is 2. The number of methoxy groups -OCH3 is 2. The van der Waals surface area contributed by atoms with Crippen LogP contribution in [0.25, 0.3) is 0 Å². The third kappa shape index (κ3) is 12.0. The summed E-state index contributed by atoms with van der Waals surface area (Å²) in [5.41, 5.74) is 2.78. The number of hydrogen-bond donors (Lipinski definition) is 4. The highest BCUT2D eigenvalue weighted by Crippen LogP contribution is 2.29. The van der Waals surface area contributed by atoms with Gasteiger partial charge in [-0.1, -0.05) is 13.8 Å². The predicted molar refractivity (Wildman–Crippen MR) is 124 cm³/mol. The van der Waals surface area contributed by atoms with E-state index >= 15 is 0 Å². The molecule has 3 aliphatic heterocycles. The number of aromatic nitrogens is 1. The number of nitrogens with one attached hydrogen (secondary N) is 4. The van der Waals surface area contributed by atoms with E-state index in [0.29, 0.717) is 0 Å². The Morgan fingerprint density at radius 3 is 1.76 bits per heavy atom. The Kier molecular flexibility index (Phi) is 18.9. The first-order chi connectivity index (χ1) is 14.3. The molecule has 0 saturated carbocycles. The van der Waals surface area contributed by atoms with E-state index in [4.69, 9.17) is 0 Å². The van der Waals surface area contributed by atoms with Crippen molar-refractivity contribution in [2.24, 2.45) is 0 Å². The molecule has 4 rings (SSSR count). The topological polar surface area (TPSA) is 82.7 Å². The lowest BCUT2D eigenvalue weighted by molar-refractivity contribution is 0.277. The number of hydrogen-bond acceptors (Lipinski definition) is 8. The second-order valence-corrected chi connectivity index (χ2v) is 6.39. The third-order valence-corrected chi connectivity index (χ3v) is 4.11. The molecular formula is C21H44N6O2. The Hall–Kier alpha value is -1.45. The van der Waals surface area contributed by atoms with E-state index in [1.807, 2.05) is 20.0 Å². The van der Waals surface area contributed by atoms with Crippen LogP contribution in [-0.2, 0) is 15.9 Å². The second-order valence-electron chi connectivity index (χ2n) is 6.39. The van der Waals surface area contributed by atoms with E-state index in [2.05, 4.69) is 46.7 Å². The molecule has 1 aromatic rings. The summed E-state index contributed by atoms with van der Waals surface area (Å²) in [6, 6.07) is 2.15. The summed E-state index contributed by atoms with van der Waals surface area (Å²) in [5.74, 6) is 1.09. The molecule has 2 fully saturated rings. The zero-order chi connectivity index (χ0) is 21.7. The van der Waals surface area contributed by atoms with Crippen LogP contribution in [0.3, 0.4) is 0 Å². The summed E-state index contributed by atoms with van der Waals surface area (Å²) in [5, 5.41) is 13.1. The molecule has 0 aromatic carbocycles. The fourth-order valence-corrected chi connectivity index (χ4v) is 2.99. The van der Waals surface area contributed by atoms with Crippen molar-refractivity contribution in [3.05, 3.63) is 17.8 Å². The van der Waals surface area contributed by atoms with Crippen molar-refractivity contribution in [2.45, 2.75) is 20.3 Å². The maximum atomic E-state index is 4.36. The highest BCUT2D eigenvalue weighted by Gasteiger charge is 2.20. The van der Waals surface area contributed by atoms with Gasteiger partial charge in [-0.3, -0.25) is 0 Å². The van der Waals surface area contributed by atoms with E-state index in [9.17, 15) is 0 Å². The van der Waals surface area contributed by atoms with Crippen molar-refractivity contribution in [3.8, 4) is 0 Å². The molecule has 0 aliphatic carbocycles. The molecule has 4 heterocycles. The van der Waals surface area contributed by atoms with Crippen LogP contribution >= 0.6 is 0 Å². The molecule has 8 nitrogen and oxygen atoms in total. The first-order valence-electron chi connectivity index (χ1n) is 10.7. The van der Waals surface area contributed by atoms with Crippen molar-refractivity contribution in [1.29, 1.82) is 0 Å². The van der Waals surface area contributed by atoms with Gasteiger partial charge in [-0.25, -0.2) is 4.98 Å². The van der Waals surface area contributed by atoms with Crippen LogP contribution < -0.4 is 26.2 Å². The molecule has 0 radical (unpaired) electrons. The Labute approximate surface area is 178 Å². The first kappa shape index (κ1) is 27.5. The lowest BCUT2D eigenvalue weighted by Crippen LogP contribution is -2.43. The Bertz CT molecular complexity index is 467. The summed E-state index contributed by atoms with van der Waals surface area (Å²) in [4.78, 5) is 6.82. The average Bonchev–Trinajstić information content (AvgIpc) is 3.28. The first-order valence-corrected chi connectivity index (χ1v) is 10.7. The van der Waals surface area contributed by atoms with Gasteiger partial charge in [-0.2, -0.15) is 0 Å². The van der Waals surface area contributed by atoms with Crippen LogP contribution in [0.1, 0.15) is 19.4 Å². The Balaban J connectivity index is 0.000000466. The van der Waals surface area contributed by atoms with Crippen molar-refractivity contribution in [1.82, 2.24) is 20.9 Å². The van der Waals surface area contributed by atoms with E-state index in [1.165, 1.54) is 11.3 Å². The maximum absolute atomic E-state index is 4.36. The van der Waals surface area contributed by atoms with E-state index in [1.54, 1.807) is 28.4 Å².